The molecule has 1 atom stereocenters. The van der Waals surface area contributed by atoms with Gasteiger partial charge < -0.3 is 5.73 Å². The summed E-state index contributed by atoms with van der Waals surface area (Å²) in [5.41, 5.74) is 10.0. The number of rotatable bonds is 3. The van der Waals surface area contributed by atoms with Crippen LogP contribution >= 0.6 is 0 Å². The molecule has 2 N–H and O–H groups in total. The number of hydrogen-bond donors (Lipinski definition) is 1. The second kappa shape index (κ2) is 7.47. The molecule has 0 heterocycles. The first kappa shape index (κ1) is 14.2. The maximum Gasteiger partial charge on any atom is 0.00767 e. The topological polar surface area (TPSA) is 26.0 Å². The third kappa shape index (κ3) is 4.98. The number of benzene rings is 1. The van der Waals surface area contributed by atoms with E-state index in [0.29, 0.717) is 6.04 Å². The summed E-state index contributed by atoms with van der Waals surface area (Å²) >= 11 is 0. The predicted molar refractivity (Wildman–Crippen MR) is 69.2 cm³/mol. The van der Waals surface area contributed by atoms with E-state index in [2.05, 4.69) is 39.0 Å². The van der Waals surface area contributed by atoms with Crippen molar-refractivity contribution < 1.29 is 0 Å². The molecule has 15 heavy (non-hydrogen) atoms. The van der Waals surface area contributed by atoms with Crippen LogP contribution in [0.5, 0.6) is 0 Å². The van der Waals surface area contributed by atoms with Crippen molar-refractivity contribution in [3.05, 3.63) is 34.9 Å². The van der Waals surface area contributed by atoms with E-state index in [1.165, 1.54) is 16.7 Å². The van der Waals surface area contributed by atoms with Gasteiger partial charge in [-0.1, -0.05) is 44.5 Å². The minimum absolute atomic E-state index is 0.306. The van der Waals surface area contributed by atoms with Crippen LogP contribution in [0.25, 0.3) is 0 Å². The van der Waals surface area contributed by atoms with Gasteiger partial charge in [-0.05, 0) is 37.8 Å². The zero-order valence-corrected chi connectivity index (χ0v) is 10.8. The summed E-state index contributed by atoms with van der Waals surface area (Å²) in [6.45, 7) is 10.4. The molecule has 0 bridgehead atoms. The van der Waals surface area contributed by atoms with Gasteiger partial charge in [-0.2, -0.15) is 0 Å². The van der Waals surface area contributed by atoms with E-state index >= 15 is 0 Å². The van der Waals surface area contributed by atoms with Gasteiger partial charge in [0.15, 0.2) is 0 Å². The van der Waals surface area contributed by atoms with Crippen LogP contribution in [0.1, 0.15) is 43.9 Å². The van der Waals surface area contributed by atoms with E-state index in [1.54, 1.807) is 0 Å². The smallest absolute Gasteiger partial charge is 0.00767 e. The number of nitrogens with two attached hydrogens (primary N) is 1. The Balaban J connectivity index is 0.000000921. The van der Waals surface area contributed by atoms with Crippen molar-refractivity contribution in [3.8, 4) is 0 Å². The van der Waals surface area contributed by atoms with Gasteiger partial charge in [0.1, 0.15) is 0 Å². The zero-order chi connectivity index (χ0) is 11.8. The third-order valence-electron chi connectivity index (χ3n) is 2.51. The minimum atomic E-state index is 0.306. The molecule has 0 radical (unpaired) electrons. The van der Waals surface area contributed by atoms with Crippen LogP contribution in [0.4, 0.5) is 0 Å². The van der Waals surface area contributed by atoms with Crippen LogP contribution in [-0.2, 0) is 6.42 Å². The van der Waals surface area contributed by atoms with E-state index in [9.17, 15) is 0 Å². The van der Waals surface area contributed by atoms with Crippen LogP contribution < -0.4 is 5.73 Å². The first-order chi connectivity index (χ1) is 7.13. The molecule has 1 aromatic carbocycles. The molecule has 1 aromatic rings. The van der Waals surface area contributed by atoms with E-state index in [1.807, 2.05) is 13.8 Å². The van der Waals surface area contributed by atoms with E-state index in [4.69, 9.17) is 5.73 Å². The van der Waals surface area contributed by atoms with Crippen molar-refractivity contribution >= 4 is 0 Å². The lowest BCUT2D eigenvalue weighted by atomic mass is 9.98. The van der Waals surface area contributed by atoms with E-state index in [-0.39, 0.29) is 0 Å². The van der Waals surface area contributed by atoms with Crippen molar-refractivity contribution in [1.82, 2.24) is 0 Å². The fourth-order valence-electron chi connectivity index (χ4n) is 1.45. The lowest BCUT2D eigenvalue weighted by Gasteiger charge is -2.11. The SMILES string of the molecule is CC.CCC(N)Cc1cc(C)ccc1C. The molecule has 0 aliphatic carbocycles. The normalized spacial score (nSPS) is 11.6. The molecular formula is C14H25N. The molecule has 0 aliphatic heterocycles. The van der Waals surface area contributed by atoms with Crippen LogP contribution in [0.2, 0.25) is 0 Å². The standard InChI is InChI=1S/C12H19N.C2H6/c1-4-12(13)8-11-7-9(2)5-6-10(11)3;1-2/h5-7,12H,4,8,13H2,1-3H3;1-2H3. The van der Waals surface area contributed by atoms with Crippen LogP contribution in [0.3, 0.4) is 0 Å². The predicted octanol–water partition coefficient (Wildman–Crippen LogP) is 3.61. The Labute approximate surface area is 94.7 Å². The highest BCUT2D eigenvalue weighted by Gasteiger charge is 2.03. The Morgan fingerprint density at radius 1 is 1.20 bits per heavy atom. The van der Waals surface area contributed by atoms with Crippen LogP contribution in [0, 0.1) is 13.8 Å². The molecular weight excluding hydrogens is 182 g/mol. The summed E-state index contributed by atoms with van der Waals surface area (Å²) in [5, 5.41) is 0. The summed E-state index contributed by atoms with van der Waals surface area (Å²) in [7, 11) is 0. The van der Waals surface area contributed by atoms with Crippen LogP contribution in [-0.4, -0.2) is 6.04 Å². The van der Waals surface area contributed by atoms with Gasteiger partial charge in [0.2, 0.25) is 0 Å². The Morgan fingerprint density at radius 2 is 1.80 bits per heavy atom. The van der Waals surface area contributed by atoms with Crippen molar-refractivity contribution in [2.45, 2.75) is 53.5 Å². The summed E-state index contributed by atoms with van der Waals surface area (Å²) in [5.74, 6) is 0. The van der Waals surface area contributed by atoms with Gasteiger partial charge in [-0.3, -0.25) is 0 Å². The molecule has 0 amide bonds. The Kier molecular flexibility index (Phi) is 7.06. The number of aryl methyl sites for hydroxylation is 2. The van der Waals surface area contributed by atoms with Gasteiger partial charge in [-0.25, -0.2) is 0 Å². The maximum atomic E-state index is 5.92. The first-order valence-corrected chi connectivity index (χ1v) is 5.95. The summed E-state index contributed by atoms with van der Waals surface area (Å²) in [4.78, 5) is 0. The molecule has 1 heteroatoms. The molecule has 86 valence electrons. The molecule has 1 nitrogen and oxygen atoms in total. The van der Waals surface area contributed by atoms with Crippen LogP contribution in [0.15, 0.2) is 18.2 Å². The second-order valence-electron chi connectivity index (χ2n) is 3.80. The quantitative estimate of drug-likeness (QED) is 0.805. The molecule has 0 spiro atoms. The Bertz CT molecular complexity index is 279. The lowest BCUT2D eigenvalue weighted by Crippen LogP contribution is -2.21. The van der Waals surface area contributed by atoms with Gasteiger partial charge >= 0.3 is 0 Å². The molecule has 0 saturated carbocycles. The fourth-order valence-corrected chi connectivity index (χ4v) is 1.45. The first-order valence-electron chi connectivity index (χ1n) is 5.95. The highest BCUT2D eigenvalue weighted by molar-refractivity contribution is 5.31. The largest absolute Gasteiger partial charge is 0.327 e. The molecule has 1 rings (SSSR count). The monoisotopic (exact) mass is 207 g/mol. The summed E-state index contributed by atoms with van der Waals surface area (Å²) < 4.78 is 0. The number of hydrogen-bond acceptors (Lipinski definition) is 1. The molecule has 0 fully saturated rings. The molecule has 0 aromatic heterocycles. The van der Waals surface area contributed by atoms with E-state index < -0.39 is 0 Å². The summed E-state index contributed by atoms with van der Waals surface area (Å²) in [6, 6.07) is 6.87. The highest BCUT2D eigenvalue weighted by Crippen LogP contribution is 2.12. The average Bonchev–Trinajstić information content (AvgIpc) is 2.26. The average molecular weight is 207 g/mol. The second-order valence-corrected chi connectivity index (χ2v) is 3.80. The van der Waals surface area contributed by atoms with Gasteiger partial charge in [-0.15, -0.1) is 0 Å². The Morgan fingerprint density at radius 3 is 2.33 bits per heavy atom. The summed E-state index contributed by atoms with van der Waals surface area (Å²) in [6.07, 6.45) is 2.05. The third-order valence-corrected chi connectivity index (χ3v) is 2.51. The van der Waals surface area contributed by atoms with E-state index in [0.717, 1.165) is 12.8 Å². The maximum absolute atomic E-state index is 5.92. The molecule has 1 unspecified atom stereocenters. The van der Waals surface area contributed by atoms with Crippen molar-refractivity contribution in [2.24, 2.45) is 5.73 Å². The Hall–Kier alpha value is -0.820. The van der Waals surface area contributed by atoms with Crippen molar-refractivity contribution in [1.29, 1.82) is 0 Å². The van der Waals surface area contributed by atoms with Gasteiger partial charge in [0.05, 0.1) is 0 Å². The van der Waals surface area contributed by atoms with Gasteiger partial charge in [0.25, 0.3) is 0 Å². The molecule has 0 aliphatic rings. The highest BCUT2D eigenvalue weighted by atomic mass is 14.6. The lowest BCUT2D eigenvalue weighted by molar-refractivity contribution is 0.644. The van der Waals surface area contributed by atoms with Crippen molar-refractivity contribution in [3.63, 3.8) is 0 Å². The molecule has 0 saturated heterocycles. The van der Waals surface area contributed by atoms with Gasteiger partial charge in [0, 0.05) is 6.04 Å². The zero-order valence-electron chi connectivity index (χ0n) is 10.8. The fraction of sp³-hybridized carbons (Fsp3) is 0.571. The minimum Gasteiger partial charge on any atom is -0.327 e. The van der Waals surface area contributed by atoms with Crippen molar-refractivity contribution in [2.75, 3.05) is 0 Å².